The Balaban J connectivity index is 1.76. The fraction of sp³-hybridized carbons (Fsp3) is 0.625. The molecule has 1 aromatic carbocycles. The summed E-state index contributed by atoms with van der Waals surface area (Å²) in [6.45, 7) is 5.75. The molecule has 20 heavy (non-hydrogen) atoms. The maximum Gasteiger partial charge on any atom is 0.0464 e. The number of likely N-dealkylation sites (tertiary alicyclic amines) is 1. The highest BCUT2D eigenvalue weighted by molar-refractivity contribution is 9.10. The minimum Gasteiger partial charge on any atom is -0.310 e. The van der Waals surface area contributed by atoms with E-state index in [1.807, 2.05) is 6.07 Å². The van der Waals surface area contributed by atoms with Gasteiger partial charge in [-0.2, -0.15) is 0 Å². The fourth-order valence-electron chi connectivity index (χ4n) is 2.82. The van der Waals surface area contributed by atoms with Gasteiger partial charge >= 0.3 is 0 Å². The molecule has 4 heteroatoms. The normalized spacial score (nSPS) is 19.2. The maximum atomic E-state index is 6.29. The van der Waals surface area contributed by atoms with Gasteiger partial charge in [-0.05, 0) is 76.5 Å². The second kappa shape index (κ2) is 7.79. The predicted octanol–water partition coefficient (Wildman–Crippen LogP) is 4.49. The Bertz CT molecular complexity index is 430. The zero-order valence-corrected chi connectivity index (χ0v) is 14.7. The molecule has 0 amide bonds. The molecule has 0 aromatic heterocycles. The first-order valence-electron chi connectivity index (χ1n) is 7.43. The lowest BCUT2D eigenvalue weighted by Crippen LogP contribution is -2.32. The van der Waals surface area contributed by atoms with Crippen LogP contribution in [0.1, 0.15) is 37.8 Å². The van der Waals surface area contributed by atoms with Crippen LogP contribution in [0.25, 0.3) is 0 Å². The molecule has 0 aliphatic carbocycles. The first-order chi connectivity index (χ1) is 9.56. The second-order valence-electron chi connectivity index (χ2n) is 5.88. The molecule has 112 valence electrons. The lowest BCUT2D eigenvalue weighted by Gasteiger charge is -2.29. The second-order valence-corrected chi connectivity index (χ2v) is 7.20. The summed E-state index contributed by atoms with van der Waals surface area (Å²) >= 11 is 9.74. The Morgan fingerprint density at radius 3 is 2.75 bits per heavy atom. The topological polar surface area (TPSA) is 15.3 Å². The van der Waals surface area contributed by atoms with Crippen molar-refractivity contribution in [3.63, 3.8) is 0 Å². The zero-order valence-electron chi connectivity index (χ0n) is 12.3. The van der Waals surface area contributed by atoms with Crippen molar-refractivity contribution in [2.45, 2.75) is 32.2 Å². The van der Waals surface area contributed by atoms with E-state index in [2.05, 4.69) is 52.3 Å². The molecule has 0 saturated carbocycles. The van der Waals surface area contributed by atoms with Gasteiger partial charge in [0.05, 0.1) is 0 Å². The number of hydrogen-bond acceptors (Lipinski definition) is 2. The third-order valence-corrected chi connectivity index (χ3v) is 5.09. The van der Waals surface area contributed by atoms with E-state index in [-0.39, 0.29) is 0 Å². The van der Waals surface area contributed by atoms with Crippen LogP contribution in [0.15, 0.2) is 22.7 Å². The summed E-state index contributed by atoms with van der Waals surface area (Å²) in [6, 6.07) is 6.42. The van der Waals surface area contributed by atoms with Crippen LogP contribution in [0.3, 0.4) is 0 Å². The van der Waals surface area contributed by atoms with E-state index in [1.54, 1.807) is 0 Å². The lowest BCUT2D eigenvalue weighted by molar-refractivity contribution is 0.211. The van der Waals surface area contributed by atoms with E-state index < -0.39 is 0 Å². The van der Waals surface area contributed by atoms with Crippen molar-refractivity contribution in [2.24, 2.45) is 5.92 Å². The standard InChI is InChI=1S/C16H24BrClN2/c1-12(15-4-3-14(17)11-16(15)18)19-8-5-13-6-9-20(2)10-7-13/h3-4,11-13,19H,5-10H2,1-2H3. The van der Waals surface area contributed by atoms with Gasteiger partial charge in [0.2, 0.25) is 0 Å². The van der Waals surface area contributed by atoms with Gasteiger partial charge in [0.25, 0.3) is 0 Å². The summed E-state index contributed by atoms with van der Waals surface area (Å²) in [5, 5.41) is 4.44. The highest BCUT2D eigenvalue weighted by atomic mass is 79.9. The van der Waals surface area contributed by atoms with E-state index in [4.69, 9.17) is 11.6 Å². The quantitative estimate of drug-likeness (QED) is 0.833. The number of hydrogen-bond donors (Lipinski definition) is 1. The van der Waals surface area contributed by atoms with E-state index in [1.165, 1.54) is 37.9 Å². The summed E-state index contributed by atoms with van der Waals surface area (Å²) in [4.78, 5) is 2.42. The molecule has 1 saturated heterocycles. The molecule has 1 unspecified atom stereocenters. The van der Waals surface area contributed by atoms with Gasteiger partial charge in [0, 0.05) is 15.5 Å². The molecule has 1 aromatic rings. The molecule has 1 aliphatic rings. The Hall–Kier alpha value is -0.0900. The number of rotatable bonds is 5. The molecular formula is C16H24BrClN2. The molecule has 2 rings (SSSR count). The molecule has 0 spiro atoms. The van der Waals surface area contributed by atoms with Gasteiger partial charge in [-0.25, -0.2) is 0 Å². The zero-order chi connectivity index (χ0) is 14.5. The Morgan fingerprint density at radius 2 is 2.10 bits per heavy atom. The molecule has 1 N–H and O–H groups in total. The summed E-state index contributed by atoms with van der Waals surface area (Å²) in [6.07, 6.45) is 3.95. The lowest BCUT2D eigenvalue weighted by atomic mass is 9.93. The van der Waals surface area contributed by atoms with Crippen molar-refractivity contribution < 1.29 is 0 Å². The van der Waals surface area contributed by atoms with Crippen molar-refractivity contribution in [2.75, 3.05) is 26.7 Å². The van der Waals surface area contributed by atoms with Crippen LogP contribution in [-0.4, -0.2) is 31.6 Å². The minimum atomic E-state index is 0.307. The third kappa shape index (κ3) is 4.73. The van der Waals surface area contributed by atoms with Crippen molar-refractivity contribution in [3.05, 3.63) is 33.3 Å². The van der Waals surface area contributed by atoms with Gasteiger partial charge in [-0.15, -0.1) is 0 Å². The third-order valence-electron chi connectivity index (χ3n) is 4.27. The first kappa shape index (κ1) is 16.3. The van der Waals surface area contributed by atoms with Crippen molar-refractivity contribution in [1.29, 1.82) is 0 Å². The predicted molar refractivity (Wildman–Crippen MR) is 90.4 cm³/mol. The fourth-order valence-corrected chi connectivity index (χ4v) is 3.65. The first-order valence-corrected chi connectivity index (χ1v) is 8.60. The summed E-state index contributed by atoms with van der Waals surface area (Å²) < 4.78 is 1.03. The molecule has 2 nitrogen and oxygen atoms in total. The van der Waals surface area contributed by atoms with E-state index in [0.717, 1.165) is 22.0 Å². The average Bonchev–Trinajstić information content (AvgIpc) is 2.41. The minimum absolute atomic E-state index is 0.307. The Morgan fingerprint density at radius 1 is 1.40 bits per heavy atom. The van der Waals surface area contributed by atoms with Crippen LogP contribution in [0.5, 0.6) is 0 Å². The van der Waals surface area contributed by atoms with Gasteiger partial charge < -0.3 is 10.2 Å². The van der Waals surface area contributed by atoms with E-state index >= 15 is 0 Å². The highest BCUT2D eigenvalue weighted by Crippen LogP contribution is 2.26. The van der Waals surface area contributed by atoms with E-state index in [9.17, 15) is 0 Å². The number of nitrogens with one attached hydrogen (secondary N) is 1. The molecular weight excluding hydrogens is 336 g/mol. The van der Waals surface area contributed by atoms with Crippen LogP contribution in [0.2, 0.25) is 5.02 Å². The van der Waals surface area contributed by atoms with Crippen LogP contribution >= 0.6 is 27.5 Å². The van der Waals surface area contributed by atoms with Crippen LogP contribution in [-0.2, 0) is 0 Å². The smallest absolute Gasteiger partial charge is 0.0464 e. The number of halogens is 2. The van der Waals surface area contributed by atoms with Crippen molar-refractivity contribution in [1.82, 2.24) is 10.2 Å². The number of piperidine rings is 1. The van der Waals surface area contributed by atoms with Gasteiger partial charge in [-0.1, -0.05) is 33.6 Å². The Labute approximate surface area is 136 Å². The maximum absolute atomic E-state index is 6.29. The molecule has 1 aliphatic heterocycles. The van der Waals surface area contributed by atoms with Gasteiger partial charge in [0.15, 0.2) is 0 Å². The SMILES string of the molecule is CC(NCCC1CCN(C)CC1)c1ccc(Br)cc1Cl. The van der Waals surface area contributed by atoms with Crippen LogP contribution in [0.4, 0.5) is 0 Å². The van der Waals surface area contributed by atoms with Crippen LogP contribution < -0.4 is 5.32 Å². The molecule has 0 radical (unpaired) electrons. The molecule has 1 heterocycles. The molecule has 0 bridgehead atoms. The number of benzene rings is 1. The van der Waals surface area contributed by atoms with Gasteiger partial charge in [0.1, 0.15) is 0 Å². The number of nitrogens with zero attached hydrogens (tertiary/aromatic N) is 1. The highest BCUT2D eigenvalue weighted by Gasteiger charge is 2.16. The van der Waals surface area contributed by atoms with Gasteiger partial charge in [-0.3, -0.25) is 0 Å². The van der Waals surface area contributed by atoms with Crippen LogP contribution in [0, 0.1) is 5.92 Å². The largest absolute Gasteiger partial charge is 0.310 e. The average molecular weight is 360 g/mol. The summed E-state index contributed by atoms with van der Waals surface area (Å²) in [7, 11) is 2.21. The molecule has 1 atom stereocenters. The Kier molecular flexibility index (Phi) is 6.34. The summed E-state index contributed by atoms with van der Waals surface area (Å²) in [5.41, 5.74) is 1.18. The van der Waals surface area contributed by atoms with E-state index in [0.29, 0.717) is 6.04 Å². The monoisotopic (exact) mass is 358 g/mol. The van der Waals surface area contributed by atoms with Crippen molar-refractivity contribution >= 4 is 27.5 Å². The molecule has 1 fully saturated rings. The van der Waals surface area contributed by atoms with Crippen molar-refractivity contribution in [3.8, 4) is 0 Å². The summed E-state index contributed by atoms with van der Waals surface area (Å²) in [5.74, 6) is 0.881.